The summed E-state index contributed by atoms with van der Waals surface area (Å²) in [5.41, 5.74) is 14.7. The normalized spacial score (nSPS) is 12.7. The summed E-state index contributed by atoms with van der Waals surface area (Å²) in [7, 11) is -1.67. The van der Waals surface area contributed by atoms with Crippen molar-refractivity contribution in [1.82, 2.24) is 0 Å². The van der Waals surface area contributed by atoms with Crippen LogP contribution in [0.2, 0.25) is 16.6 Å². The van der Waals surface area contributed by atoms with Gasteiger partial charge in [-0.05, 0) is 53.4 Å². The Hall–Kier alpha value is -0.983. The minimum absolute atomic E-state index is 0.652. The highest BCUT2D eigenvalue weighted by molar-refractivity contribution is 9.10. The molecule has 3 heteroatoms. The van der Waals surface area contributed by atoms with Gasteiger partial charge in [-0.3, -0.25) is 0 Å². The fourth-order valence-electron chi connectivity index (χ4n) is 3.65. The average molecular weight is 392 g/mol. The van der Waals surface area contributed by atoms with E-state index in [2.05, 4.69) is 81.9 Å². The number of nitrogens with two attached hydrogens (primary N) is 1. The second-order valence-electron chi connectivity index (χ2n) is 7.23. The maximum absolute atomic E-state index is 6.09. The summed E-state index contributed by atoms with van der Waals surface area (Å²) >= 11 is 3.51. The first-order chi connectivity index (χ1) is 10.6. The summed E-state index contributed by atoms with van der Waals surface area (Å²) in [6.07, 6.45) is 2.03. The fourth-order valence-corrected chi connectivity index (χ4v) is 9.20. The maximum Gasteiger partial charge on any atom is 0.146 e. The Labute approximate surface area is 151 Å². The number of halogens is 1. The summed E-state index contributed by atoms with van der Waals surface area (Å²) in [5, 5.41) is 0. The van der Waals surface area contributed by atoms with Gasteiger partial charge in [-0.15, -0.1) is 5.54 Å². The van der Waals surface area contributed by atoms with Crippen LogP contribution in [-0.2, 0) is 0 Å². The van der Waals surface area contributed by atoms with Crippen LogP contribution in [0.1, 0.15) is 54.0 Å². The average Bonchev–Trinajstić information content (AvgIpc) is 2.44. The molecule has 1 aromatic carbocycles. The van der Waals surface area contributed by atoms with E-state index in [-0.39, 0.29) is 0 Å². The fraction of sp³-hybridized carbons (Fsp3) is 0.500. The van der Waals surface area contributed by atoms with Crippen molar-refractivity contribution in [3.05, 3.63) is 34.3 Å². The number of hydrogen-bond donors (Lipinski definition) is 1. The molecule has 0 saturated carbocycles. The van der Waals surface area contributed by atoms with Crippen molar-refractivity contribution in [3.8, 4) is 11.5 Å². The van der Waals surface area contributed by atoms with Crippen LogP contribution in [0.25, 0.3) is 5.57 Å². The molecule has 1 aromatic rings. The van der Waals surface area contributed by atoms with Gasteiger partial charge in [-0.2, -0.15) is 0 Å². The first-order valence-corrected chi connectivity index (χ1v) is 11.4. The van der Waals surface area contributed by atoms with Crippen molar-refractivity contribution < 1.29 is 0 Å². The summed E-state index contributed by atoms with van der Waals surface area (Å²) in [6.45, 7) is 16.1. The molecule has 0 bridgehead atoms. The van der Waals surface area contributed by atoms with Gasteiger partial charge >= 0.3 is 0 Å². The van der Waals surface area contributed by atoms with Gasteiger partial charge in [-0.1, -0.05) is 63.4 Å². The molecule has 0 saturated heterocycles. The summed E-state index contributed by atoms with van der Waals surface area (Å²) in [4.78, 5) is 0. The van der Waals surface area contributed by atoms with Gasteiger partial charge in [0, 0.05) is 15.7 Å². The van der Waals surface area contributed by atoms with Crippen molar-refractivity contribution in [3.63, 3.8) is 0 Å². The summed E-state index contributed by atoms with van der Waals surface area (Å²) in [6, 6.07) is 5.95. The molecule has 1 rings (SSSR count). The second-order valence-corrected chi connectivity index (χ2v) is 13.7. The molecule has 0 heterocycles. The lowest BCUT2D eigenvalue weighted by molar-refractivity contribution is 0.838. The van der Waals surface area contributed by atoms with Crippen molar-refractivity contribution in [2.24, 2.45) is 0 Å². The van der Waals surface area contributed by atoms with Gasteiger partial charge in [0.15, 0.2) is 0 Å². The Morgan fingerprint density at radius 3 is 2.09 bits per heavy atom. The zero-order valence-corrected chi connectivity index (χ0v) is 18.1. The standard InChI is InChI=1S/C20H30BrNSi/c1-14(2)23(15(3)4,16(5)6)12-8-9-17(7)19-13-18(21)10-11-20(19)22/h9-11,13-16H,22H2,1-7H3/b17-9-. The third kappa shape index (κ3) is 4.52. The largest absolute Gasteiger partial charge is 0.398 e. The van der Waals surface area contributed by atoms with Crippen molar-refractivity contribution in [2.75, 3.05) is 5.73 Å². The number of allylic oxidation sites excluding steroid dienone is 2. The van der Waals surface area contributed by atoms with Gasteiger partial charge in [0.25, 0.3) is 0 Å². The molecule has 0 atom stereocenters. The van der Waals surface area contributed by atoms with Gasteiger partial charge in [0.05, 0.1) is 0 Å². The van der Waals surface area contributed by atoms with Crippen LogP contribution in [-0.4, -0.2) is 8.07 Å². The lowest BCUT2D eigenvalue weighted by atomic mass is 10.1. The first kappa shape index (κ1) is 20.1. The Bertz CT molecular complexity index is 611. The van der Waals surface area contributed by atoms with Crippen LogP contribution in [0.3, 0.4) is 0 Å². The van der Waals surface area contributed by atoms with E-state index in [9.17, 15) is 0 Å². The van der Waals surface area contributed by atoms with Crippen LogP contribution in [0.4, 0.5) is 5.69 Å². The molecule has 0 aliphatic carbocycles. The molecule has 0 aliphatic heterocycles. The predicted molar refractivity (Wildman–Crippen MR) is 111 cm³/mol. The van der Waals surface area contributed by atoms with E-state index in [0.29, 0.717) is 16.6 Å². The summed E-state index contributed by atoms with van der Waals surface area (Å²) < 4.78 is 1.04. The highest BCUT2D eigenvalue weighted by atomic mass is 79.9. The maximum atomic E-state index is 6.09. The van der Waals surface area contributed by atoms with Gasteiger partial charge in [0.1, 0.15) is 8.07 Å². The lowest BCUT2D eigenvalue weighted by Crippen LogP contribution is -2.43. The molecular weight excluding hydrogens is 362 g/mol. The third-order valence-electron chi connectivity index (χ3n) is 4.88. The zero-order valence-electron chi connectivity index (χ0n) is 15.5. The van der Waals surface area contributed by atoms with Gasteiger partial charge in [-0.25, -0.2) is 0 Å². The van der Waals surface area contributed by atoms with E-state index in [4.69, 9.17) is 5.73 Å². The molecule has 0 amide bonds. The Morgan fingerprint density at radius 2 is 1.61 bits per heavy atom. The molecule has 23 heavy (non-hydrogen) atoms. The monoisotopic (exact) mass is 391 g/mol. The Morgan fingerprint density at radius 1 is 1.09 bits per heavy atom. The zero-order chi connectivity index (χ0) is 17.8. The van der Waals surface area contributed by atoms with Crippen molar-refractivity contribution in [1.29, 1.82) is 0 Å². The molecule has 0 aromatic heterocycles. The first-order valence-electron chi connectivity index (χ1n) is 8.37. The number of anilines is 1. The van der Waals surface area contributed by atoms with Crippen LogP contribution in [0, 0.1) is 11.5 Å². The topological polar surface area (TPSA) is 26.0 Å². The van der Waals surface area contributed by atoms with Crippen LogP contribution in [0.15, 0.2) is 28.7 Å². The highest BCUT2D eigenvalue weighted by Gasteiger charge is 2.41. The Balaban J connectivity index is 3.25. The van der Waals surface area contributed by atoms with E-state index in [1.54, 1.807) is 0 Å². The van der Waals surface area contributed by atoms with E-state index in [1.165, 1.54) is 0 Å². The van der Waals surface area contributed by atoms with Crippen molar-refractivity contribution >= 4 is 35.3 Å². The van der Waals surface area contributed by atoms with Crippen LogP contribution in [0.5, 0.6) is 0 Å². The van der Waals surface area contributed by atoms with E-state index >= 15 is 0 Å². The highest BCUT2D eigenvalue weighted by Crippen LogP contribution is 2.40. The van der Waals surface area contributed by atoms with Crippen LogP contribution >= 0.6 is 15.9 Å². The quantitative estimate of drug-likeness (QED) is 0.346. The number of benzene rings is 1. The number of hydrogen-bond acceptors (Lipinski definition) is 1. The molecular formula is C20H30BrNSi. The molecule has 0 aliphatic rings. The van der Waals surface area contributed by atoms with Crippen LogP contribution < -0.4 is 5.73 Å². The van der Waals surface area contributed by atoms with E-state index in [0.717, 1.165) is 21.3 Å². The predicted octanol–water partition coefficient (Wildman–Crippen LogP) is 6.66. The molecule has 2 N–H and O–H groups in total. The molecule has 0 radical (unpaired) electrons. The minimum atomic E-state index is -1.67. The van der Waals surface area contributed by atoms with Crippen molar-refractivity contribution in [2.45, 2.75) is 65.1 Å². The molecule has 0 unspecified atom stereocenters. The molecule has 0 spiro atoms. The number of rotatable bonds is 4. The Kier molecular flexibility index (Phi) is 7.17. The third-order valence-corrected chi connectivity index (χ3v) is 11.7. The lowest BCUT2D eigenvalue weighted by Gasteiger charge is -2.38. The smallest absolute Gasteiger partial charge is 0.146 e. The summed E-state index contributed by atoms with van der Waals surface area (Å²) in [5.74, 6) is 3.39. The number of nitrogen functional groups attached to an aromatic ring is 1. The van der Waals surface area contributed by atoms with Gasteiger partial charge in [0.2, 0.25) is 0 Å². The molecule has 0 fully saturated rings. The second kappa shape index (κ2) is 8.21. The van der Waals surface area contributed by atoms with Gasteiger partial charge < -0.3 is 5.73 Å². The SMILES string of the molecule is C/C(=C/C#C[Si](C(C)C)(C(C)C)C(C)C)c1cc(Br)ccc1N. The molecule has 126 valence electrons. The molecule has 1 nitrogen and oxygen atoms in total. The van der Waals surface area contributed by atoms with E-state index < -0.39 is 8.07 Å². The van der Waals surface area contributed by atoms with E-state index in [1.807, 2.05) is 18.2 Å². The minimum Gasteiger partial charge on any atom is -0.398 e.